The zero-order chi connectivity index (χ0) is 15.5. The third kappa shape index (κ3) is 3.98. The molecule has 0 atom stereocenters. The average molecular weight is 332 g/mol. The Kier molecular flexibility index (Phi) is 4.89. The molecule has 0 N–H and O–H groups in total. The van der Waals surface area contributed by atoms with Gasteiger partial charge in [0.1, 0.15) is 17.2 Å². The first-order valence-electron chi connectivity index (χ1n) is 5.83. The molecule has 0 unspecified atom stereocenters. The number of aromatic nitrogens is 1. The summed E-state index contributed by atoms with van der Waals surface area (Å²) in [6.07, 6.45) is -1.37. The van der Waals surface area contributed by atoms with Gasteiger partial charge in [-0.1, -0.05) is 6.07 Å². The van der Waals surface area contributed by atoms with Crippen molar-refractivity contribution in [1.29, 1.82) is 0 Å². The first kappa shape index (κ1) is 15.8. The van der Waals surface area contributed by atoms with Crippen molar-refractivity contribution < 1.29 is 18.0 Å². The zero-order valence-electron chi connectivity index (χ0n) is 10.9. The van der Waals surface area contributed by atoms with Gasteiger partial charge in [-0.15, -0.1) is 23.1 Å². The molecule has 112 valence electrons. The summed E-state index contributed by atoms with van der Waals surface area (Å²) in [5, 5.41) is 1.68. The van der Waals surface area contributed by atoms with Gasteiger partial charge in [0, 0.05) is 11.1 Å². The molecule has 0 aromatic carbocycles. The zero-order valence-corrected chi connectivity index (χ0v) is 12.6. The third-order valence-corrected chi connectivity index (χ3v) is 4.36. The van der Waals surface area contributed by atoms with Crippen molar-refractivity contribution in [2.75, 3.05) is 17.7 Å². The van der Waals surface area contributed by atoms with Crippen molar-refractivity contribution in [2.45, 2.75) is 11.1 Å². The molecular formula is C13H11F3N2OS2. The molecule has 2 heterocycles. The van der Waals surface area contributed by atoms with E-state index in [4.69, 9.17) is 0 Å². The maximum Gasteiger partial charge on any atom is 0.406 e. The van der Waals surface area contributed by atoms with E-state index in [1.807, 2.05) is 0 Å². The first-order chi connectivity index (χ1) is 9.92. The molecule has 1 amide bonds. The van der Waals surface area contributed by atoms with Crippen LogP contribution >= 0.6 is 23.1 Å². The summed E-state index contributed by atoms with van der Waals surface area (Å²) in [4.78, 5) is 17.9. The Morgan fingerprint density at radius 2 is 2.14 bits per heavy atom. The summed E-state index contributed by atoms with van der Waals surface area (Å²) in [7, 11) is 0. The smallest absolute Gasteiger partial charge is 0.283 e. The topological polar surface area (TPSA) is 33.2 Å². The number of thioether (sulfide) groups is 1. The normalized spacial score (nSPS) is 11.4. The summed E-state index contributed by atoms with van der Waals surface area (Å²) in [6, 6.07) is 6.23. The van der Waals surface area contributed by atoms with Crippen LogP contribution in [-0.4, -0.2) is 29.9 Å². The van der Waals surface area contributed by atoms with E-state index in [9.17, 15) is 18.0 Å². The Balaban J connectivity index is 2.38. The molecule has 8 heteroatoms. The number of carbonyl (C=O) groups excluding carboxylic acids is 1. The molecule has 2 aromatic heterocycles. The van der Waals surface area contributed by atoms with Gasteiger partial charge in [0.25, 0.3) is 5.91 Å². The molecule has 0 radical (unpaired) electrons. The van der Waals surface area contributed by atoms with Crippen molar-refractivity contribution in [3.05, 3.63) is 40.7 Å². The highest BCUT2D eigenvalue weighted by Crippen LogP contribution is 2.29. The molecule has 0 aliphatic carbocycles. The van der Waals surface area contributed by atoms with E-state index in [-0.39, 0.29) is 10.7 Å². The Bertz CT molecular complexity index is 613. The van der Waals surface area contributed by atoms with Gasteiger partial charge in [-0.25, -0.2) is 4.98 Å². The number of alkyl halides is 3. The minimum absolute atomic E-state index is 0.0136. The second-order valence-electron chi connectivity index (χ2n) is 4.01. The Morgan fingerprint density at radius 3 is 2.71 bits per heavy atom. The van der Waals surface area contributed by atoms with Crippen LogP contribution in [0.5, 0.6) is 0 Å². The second kappa shape index (κ2) is 6.48. The van der Waals surface area contributed by atoms with Crippen LogP contribution in [0.25, 0.3) is 0 Å². The number of rotatable bonds is 4. The molecule has 0 saturated carbocycles. The lowest BCUT2D eigenvalue weighted by Gasteiger charge is -2.22. The lowest BCUT2D eigenvalue weighted by Crippen LogP contribution is -2.39. The van der Waals surface area contributed by atoms with E-state index >= 15 is 0 Å². The summed E-state index contributed by atoms with van der Waals surface area (Å²) in [6.45, 7) is -1.37. The summed E-state index contributed by atoms with van der Waals surface area (Å²) >= 11 is 2.45. The highest BCUT2D eigenvalue weighted by Gasteiger charge is 2.35. The number of halogens is 3. The lowest BCUT2D eigenvalue weighted by molar-refractivity contribution is -0.118. The molecule has 0 fully saturated rings. The quantitative estimate of drug-likeness (QED) is 0.791. The number of pyridine rings is 1. The van der Waals surface area contributed by atoms with Gasteiger partial charge in [0.05, 0.1) is 0 Å². The van der Waals surface area contributed by atoms with Crippen LogP contribution in [0.15, 0.2) is 40.7 Å². The van der Waals surface area contributed by atoms with E-state index in [1.165, 1.54) is 24.0 Å². The maximum atomic E-state index is 12.8. The fourth-order valence-electron chi connectivity index (χ4n) is 1.69. The van der Waals surface area contributed by atoms with Crippen molar-refractivity contribution in [1.82, 2.24) is 4.98 Å². The minimum Gasteiger partial charge on any atom is -0.283 e. The van der Waals surface area contributed by atoms with Crippen molar-refractivity contribution in [2.24, 2.45) is 0 Å². The number of anilines is 1. The van der Waals surface area contributed by atoms with Gasteiger partial charge < -0.3 is 0 Å². The third-order valence-electron chi connectivity index (χ3n) is 2.55. The van der Waals surface area contributed by atoms with E-state index in [0.29, 0.717) is 9.80 Å². The number of nitrogens with zero attached hydrogens (tertiary/aromatic N) is 2. The van der Waals surface area contributed by atoms with Gasteiger partial charge in [0.15, 0.2) is 0 Å². The van der Waals surface area contributed by atoms with E-state index in [1.54, 1.807) is 29.8 Å². The largest absolute Gasteiger partial charge is 0.406 e. The molecule has 0 aliphatic heterocycles. The standard InChI is InChI=1S/C13H11F3N2OS2/c1-20-9-5-7-21-11(9)12(19)18(8-13(14,15)16)10-4-2-3-6-17-10/h2-7H,8H2,1H3. The van der Waals surface area contributed by atoms with Gasteiger partial charge in [0.2, 0.25) is 0 Å². The van der Waals surface area contributed by atoms with Crippen molar-refractivity contribution in [3.8, 4) is 0 Å². The van der Waals surface area contributed by atoms with Gasteiger partial charge in [-0.05, 0) is 29.8 Å². The summed E-state index contributed by atoms with van der Waals surface area (Å²) in [5.41, 5.74) is 0. The maximum absolute atomic E-state index is 12.8. The van der Waals surface area contributed by atoms with Crippen molar-refractivity contribution >= 4 is 34.8 Å². The summed E-state index contributed by atoms with van der Waals surface area (Å²) < 4.78 is 38.3. The summed E-state index contributed by atoms with van der Waals surface area (Å²) in [5.74, 6) is -0.703. The predicted molar refractivity (Wildman–Crippen MR) is 78.1 cm³/mol. The van der Waals surface area contributed by atoms with Crippen LogP contribution in [-0.2, 0) is 0 Å². The molecule has 0 spiro atoms. The van der Waals surface area contributed by atoms with Crippen LogP contribution in [0.1, 0.15) is 9.67 Å². The van der Waals surface area contributed by atoms with E-state index in [2.05, 4.69) is 4.98 Å². The Labute approximate surface area is 127 Å². The number of amides is 1. The van der Waals surface area contributed by atoms with Gasteiger partial charge in [-0.2, -0.15) is 13.2 Å². The molecule has 2 aromatic rings. The predicted octanol–water partition coefficient (Wildman–Crippen LogP) is 4.07. The van der Waals surface area contributed by atoms with Gasteiger partial charge >= 0.3 is 6.18 Å². The fourth-order valence-corrected chi connectivity index (χ4v) is 3.38. The SMILES string of the molecule is CSc1ccsc1C(=O)N(CC(F)(F)F)c1ccccn1. The van der Waals surface area contributed by atoms with Crippen LogP contribution in [0, 0.1) is 0 Å². The molecule has 0 aliphatic rings. The molecular weight excluding hydrogens is 321 g/mol. The highest BCUT2D eigenvalue weighted by molar-refractivity contribution is 7.98. The number of thiophene rings is 1. The second-order valence-corrected chi connectivity index (χ2v) is 5.78. The lowest BCUT2D eigenvalue weighted by atomic mass is 10.3. The van der Waals surface area contributed by atoms with E-state index < -0.39 is 18.6 Å². The van der Waals surface area contributed by atoms with Gasteiger partial charge in [-0.3, -0.25) is 9.69 Å². The fraction of sp³-hybridized carbons (Fsp3) is 0.231. The molecule has 21 heavy (non-hydrogen) atoms. The molecule has 0 saturated heterocycles. The van der Waals surface area contributed by atoms with E-state index in [0.717, 1.165) is 11.3 Å². The van der Waals surface area contributed by atoms with Crippen LogP contribution in [0.4, 0.5) is 19.0 Å². The number of hydrogen-bond donors (Lipinski definition) is 0. The first-order valence-corrected chi connectivity index (χ1v) is 7.94. The Morgan fingerprint density at radius 1 is 1.38 bits per heavy atom. The molecule has 0 bridgehead atoms. The number of hydrogen-bond acceptors (Lipinski definition) is 4. The number of carbonyl (C=O) groups is 1. The van der Waals surface area contributed by atoms with Crippen molar-refractivity contribution in [3.63, 3.8) is 0 Å². The Hall–Kier alpha value is -1.54. The van der Waals surface area contributed by atoms with Crippen LogP contribution in [0.2, 0.25) is 0 Å². The average Bonchev–Trinajstić information content (AvgIpc) is 2.92. The molecule has 3 nitrogen and oxygen atoms in total. The monoisotopic (exact) mass is 332 g/mol. The minimum atomic E-state index is -4.50. The molecule has 2 rings (SSSR count). The highest BCUT2D eigenvalue weighted by atomic mass is 32.2. The van der Waals surface area contributed by atoms with Crippen LogP contribution in [0.3, 0.4) is 0 Å². The van der Waals surface area contributed by atoms with Crippen LogP contribution < -0.4 is 4.90 Å².